The Bertz CT molecular complexity index is 868. The van der Waals surface area contributed by atoms with Crippen molar-refractivity contribution in [3.8, 4) is 5.69 Å². The van der Waals surface area contributed by atoms with Crippen molar-refractivity contribution in [1.82, 2.24) is 19.7 Å². The lowest BCUT2D eigenvalue weighted by Gasteiger charge is -2.28. The number of hydrogen-bond donors (Lipinski definition) is 2. The largest absolute Gasteiger partial charge is 0.480 e. The molecule has 0 saturated heterocycles. The Morgan fingerprint density at radius 2 is 1.92 bits per heavy atom. The van der Waals surface area contributed by atoms with Gasteiger partial charge in [0.15, 0.2) is 5.65 Å². The summed E-state index contributed by atoms with van der Waals surface area (Å²) in [6.45, 7) is 5.60. The average Bonchev–Trinajstić information content (AvgIpc) is 2.96. The molecule has 124 valence electrons. The van der Waals surface area contributed by atoms with Crippen LogP contribution in [0, 0.1) is 5.41 Å². The third-order valence-corrected chi connectivity index (χ3v) is 3.76. The quantitative estimate of drug-likeness (QED) is 0.766. The lowest BCUT2D eigenvalue weighted by atomic mass is 9.87. The maximum atomic E-state index is 11.6. The monoisotopic (exact) mass is 325 g/mol. The zero-order valence-electron chi connectivity index (χ0n) is 13.8. The van der Waals surface area contributed by atoms with Crippen molar-refractivity contribution in [3.05, 3.63) is 42.9 Å². The SMILES string of the molecule is CC(C)(C)[C@@H](Nc1ncnc2c1cnn2-c1ccccc1)C(=O)O. The number of aliphatic carboxylic acids is 1. The molecule has 3 rings (SSSR count). The molecular weight excluding hydrogens is 306 g/mol. The summed E-state index contributed by atoms with van der Waals surface area (Å²) >= 11 is 0. The molecule has 0 radical (unpaired) electrons. The Kier molecular flexibility index (Phi) is 3.92. The molecule has 0 aliphatic heterocycles. The number of para-hydroxylation sites is 1. The molecule has 0 saturated carbocycles. The minimum atomic E-state index is -0.926. The minimum absolute atomic E-state index is 0.463. The Balaban J connectivity index is 2.05. The number of nitrogens with one attached hydrogen (secondary N) is 1. The molecule has 0 fully saturated rings. The average molecular weight is 325 g/mol. The topological polar surface area (TPSA) is 92.9 Å². The number of aromatic nitrogens is 4. The van der Waals surface area contributed by atoms with Crippen LogP contribution in [-0.4, -0.2) is 36.9 Å². The van der Waals surface area contributed by atoms with Crippen LogP contribution in [0.25, 0.3) is 16.7 Å². The van der Waals surface area contributed by atoms with Crippen molar-refractivity contribution >= 4 is 22.8 Å². The van der Waals surface area contributed by atoms with E-state index < -0.39 is 17.4 Å². The number of anilines is 1. The van der Waals surface area contributed by atoms with E-state index >= 15 is 0 Å². The van der Waals surface area contributed by atoms with Gasteiger partial charge >= 0.3 is 5.97 Å². The van der Waals surface area contributed by atoms with Gasteiger partial charge < -0.3 is 10.4 Å². The fourth-order valence-electron chi connectivity index (χ4n) is 2.50. The van der Waals surface area contributed by atoms with Crippen LogP contribution >= 0.6 is 0 Å². The highest BCUT2D eigenvalue weighted by Crippen LogP contribution is 2.27. The highest BCUT2D eigenvalue weighted by Gasteiger charge is 2.32. The summed E-state index contributed by atoms with van der Waals surface area (Å²) < 4.78 is 1.70. The number of carboxylic acids is 1. The van der Waals surface area contributed by atoms with Gasteiger partial charge in [0.1, 0.15) is 18.2 Å². The van der Waals surface area contributed by atoms with Gasteiger partial charge in [0.25, 0.3) is 0 Å². The number of benzene rings is 1. The van der Waals surface area contributed by atoms with Crippen LogP contribution in [0.2, 0.25) is 0 Å². The fraction of sp³-hybridized carbons (Fsp3) is 0.294. The second-order valence-corrected chi connectivity index (χ2v) is 6.63. The summed E-state index contributed by atoms with van der Waals surface area (Å²) in [5.74, 6) is -0.464. The highest BCUT2D eigenvalue weighted by molar-refractivity contribution is 5.89. The second kappa shape index (κ2) is 5.92. The van der Waals surface area contributed by atoms with Gasteiger partial charge in [0.05, 0.1) is 17.3 Å². The van der Waals surface area contributed by atoms with Gasteiger partial charge in [0, 0.05) is 0 Å². The maximum absolute atomic E-state index is 11.6. The van der Waals surface area contributed by atoms with Crippen LogP contribution in [0.4, 0.5) is 5.82 Å². The van der Waals surface area contributed by atoms with Crippen molar-refractivity contribution in [2.24, 2.45) is 5.41 Å². The Hall–Kier alpha value is -2.96. The smallest absolute Gasteiger partial charge is 0.326 e. The first kappa shape index (κ1) is 15.9. The molecule has 3 aromatic rings. The molecule has 0 spiro atoms. The van der Waals surface area contributed by atoms with Gasteiger partial charge in [-0.2, -0.15) is 5.10 Å². The normalized spacial score (nSPS) is 13.0. The summed E-state index contributed by atoms with van der Waals surface area (Å²) in [4.78, 5) is 20.1. The van der Waals surface area contributed by atoms with E-state index in [1.165, 1.54) is 6.33 Å². The molecule has 0 unspecified atom stereocenters. The third kappa shape index (κ3) is 2.92. The van der Waals surface area contributed by atoms with Crippen molar-refractivity contribution in [3.63, 3.8) is 0 Å². The molecule has 7 heteroatoms. The van der Waals surface area contributed by atoms with E-state index in [-0.39, 0.29) is 0 Å². The van der Waals surface area contributed by atoms with Gasteiger partial charge in [-0.3, -0.25) is 0 Å². The van der Waals surface area contributed by atoms with Crippen molar-refractivity contribution in [2.45, 2.75) is 26.8 Å². The summed E-state index contributed by atoms with van der Waals surface area (Å²) in [5, 5.41) is 17.6. The molecular formula is C17H19N5O2. The van der Waals surface area contributed by atoms with E-state index in [0.29, 0.717) is 16.9 Å². The number of nitrogens with zero attached hydrogens (tertiary/aromatic N) is 4. The van der Waals surface area contributed by atoms with Crippen LogP contribution in [0.15, 0.2) is 42.9 Å². The molecule has 0 bridgehead atoms. The lowest BCUT2D eigenvalue weighted by molar-refractivity contribution is -0.140. The van der Waals surface area contributed by atoms with E-state index in [9.17, 15) is 9.90 Å². The third-order valence-electron chi connectivity index (χ3n) is 3.76. The summed E-state index contributed by atoms with van der Waals surface area (Å²) in [5.41, 5.74) is 1.03. The first-order valence-electron chi connectivity index (χ1n) is 7.61. The molecule has 0 aliphatic carbocycles. The van der Waals surface area contributed by atoms with Gasteiger partial charge in [-0.1, -0.05) is 39.0 Å². The molecule has 2 heterocycles. The summed E-state index contributed by atoms with van der Waals surface area (Å²) in [6.07, 6.45) is 3.06. The first-order chi connectivity index (χ1) is 11.4. The van der Waals surface area contributed by atoms with E-state index in [2.05, 4.69) is 20.4 Å². The maximum Gasteiger partial charge on any atom is 0.326 e. The van der Waals surface area contributed by atoms with Gasteiger partial charge in [0.2, 0.25) is 0 Å². The number of carboxylic acid groups (broad SMARTS) is 1. The number of carbonyl (C=O) groups is 1. The molecule has 0 aliphatic rings. The first-order valence-corrected chi connectivity index (χ1v) is 7.61. The van der Waals surface area contributed by atoms with Crippen LogP contribution in [0.5, 0.6) is 0 Å². The Morgan fingerprint density at radius 1 is 1.21 bits per heavy atom. The number of hydrogen-bond acceptors (Lipinski definition) is 5. The van der Waals surface area contributed by atoms with Gasteiger partial charge in [-0.25, -0.2) is 19.4 Å². The van der Waals surface area contributed by atoms with Crippen molar-refractivity contribution in [2.75, 3.05) is 5.32 Å². The van der Waals surface area contributed by atoms with E-state index in [1.54, 1.807) is 10.9 Å². The van der Waals surface area contributed by atoms with Crippen LogP contribution in [-0.2, 0) is 4.79 Å². The highest BCUT2D eigenvalue weighted by atomic mass is 16.4. The van der Waals surface area contributed by atoms with Gasteiger partial charge in [-0.15, -0.1) is 0 Å². The van der Waals surface area contributed by atoms with Crippen molar-refractivity contribution < 1.29 is 9.90 Å². The lowest BCUT2D eigenvalue weighted by Crippen LogP contribution is -2.41. The van der Waals surface area contributed by atoms with Crippen LogP contribution in [0.1, 0.15) is 20.8 Å². The standard InChI is InChI=1S/C17H19N5O2/c1-17(2,3)13(16(23)24)21-14-12-9-20-22(15(12)19-10-18-14)11-7-5-4-6-8-11/h4-10,13H,1-3H3,(H,23,24)(H,18,19,21)/t13-/m0/s1. The molecule has 1 aromatic carbocycles. The van der Waals surface area contributed by atoms with Crippen LogP contribution in [0.3, 0.4) is 0 Å². The predicted molar refractivity (Wildman–Crippen MR) is 91.2 cm³/mol. The molecule has 0 amide bonds. The number of fused-ring (bicyclic) bond motifs is 1. The predicted octanol–water partition coefficient (Wildman–Crippen LogP) is 2.73. The van der Waals surface area contributed by atoms with E-state index in [1.807, 2.05) is 51.1 Å². The number of rotatable bonds is 4. The molecule has 1 atom stereocenters. The van der Waals surface area contributed by atoms with Crippen molar-refractivity contribution in [1.29, 1.82) is 0 Å². The summed E-state index contributed by atoms with van der Waals surface area (Å²) in [7, 11) is 0. The zero-order valence-corrected chi connectivity index (χ0v) is 13.8. The molecule has 7 nitrogen and oxygen atoms in total. The van der Waals surface area contributed by atoms with Gasteiger partial charge in [-0.05, 0) is 17.5 Å². The molecule has 2 aromatic heterocycles. The molecule has 24 heavy (non-hydrogen) atoms. The van der Waals surface area contributed by atoms with E-state index in [4.69, 9.17) is 0 Å². The molecule has 2 N–H and O–H groups in total. The fourth-order valence-corrected chi connectivity index (χ4v) is 2.50. The van der Waals surface area contributed by atoms with Crippen LogP contribution < -0.4 is 5.32 Å². The second-order valence-electron chi connectivity index (χ2n) is 6.63. The Labute approximate surface area is 139 Å². The summed E-state index contributed by atoms with van der Waals surface area (Å²) in [6, 6.07) is 8.84. The minimum Gasteiger partial charge on any atom is -0.480 e. The zero-order chi connectivity index (χ0) is 17.3. The Morgan fingerprint density at radius 3 is 2.54 bits per heavy atom. The van der Waals surface area contributed by atoms with E-state index in [0.717, 1.165) is 5.69 Å².